The molecule has 12 heavy (non-hydrogen) atoms. The van der Waals surface area contributed by atoms with E-state index in [0.29, 0.717) is 6.54 Å². The fourth-order valence-electron chi connectivity index (χ4n) is 0.674. The van der Waals surface area contributed by atoms with E-state index in [-0.39, 0.29) is 0 Å². The van der Waals surface area contributed by atoms with Crippen LogP contribution >= 0.6 is 11.8 Å². The van der Waals surface area contributed by atoms with Crippen molar-refractivity contribution in [2.75, 3.05) is 24.6 Å². The maximum absolute atomic E-state index is 11.6. The number of alkyl halides is 3. The van der Waals surface area contributed by atoms with Crippen molar-refractivity contribution in [3.63, 3.8) is 0 Å². The van der Waals surface area contributed by atoms with E-state index in [0.717, 1.165) is 17.9 Å². The van der Waals surface area contributed by atoms with Crippen LogP contribution in [0.15, 0.2) is 0 Å². The van der Waals surface area contributed by atoms with Crippen LogP contribution < -0.4 is 5.32 Å². The lowest BCUT2D eigenvalue weighted by atomic mass is 10.4. The van der Waals surface area contributed by atoms with Crippen LogP contribution in [0.5, 0.6) is 0 Å². The Bertz CT molecular complexity index is 105. The Morgan fingerprint density at radius 1 is 1.33 bits per heavy atom. The third-order valence-electron chi connectivity index (χ3n) is 1.17. The second kappa shape index (κ2) is 6.60. The van der Waals surface area contributed by atoms with E-state index in [1.54, 1.807) is 11.8 Å². The molecule has 0 aliphatic carbocycles. The highest BCUT2D eigenvalue weighted by molar-refractivity contribution is 7.99. The molecular formula is C7H14F3NS. The predicted octanol–water partition coefficient (Wildman–Crippen LogP) is 2.28. The lowest BCUT2D eigenvalue weighted by Crippen LogP contribution is -2.29. The first kappa shape index (κ1) is 12.1. The van der Waals surface area contributed by atoms with Crippen molar-refractivity contribution in [3.05, 3.63) is 0 Å². The summed E-state index contributed by atoms with van der Waals surface area (Å²) in [5.41, 5.74) is 0. The molecule has 0 saturated carbocycles. The Morgan fingerprint density at radius 3 is 2.50 bits per heavy atom. The predicted molar refractivity (Wildman–Crippen MR) is 46.5 cm³/mol. The van der Waals surface area contributed by atoms with Gasteiger partial charge in [0.1, 0.15) is 0 Å². The van der Waals surface area contributed by atoms with Crippen LogP contribution in [0.1, 0.15) is 13.3 Å². The van der Waals surface area contributed by atoms with Crippen molar-refractivity contribution in [1.82, 2.24) is 5.32 Å². The van der Waals surface area contributed by atoms with Crippen molar-refractivity contribution in [2.24, 2.45) is 0 Å². The monoisotopic (exact) mass is 201 g/mol. The van der Waals surface area contributed by atoms with E-state index in [4.69, 9.17) is 0 Å². The van der Waals surface area contributed by atoms with E-state index in [2.05, 4.69) is 5.32 Å². The first-order valence-electron chi connectivity index (χ1n) is 3.91. The Kier molecular flexibility index (Phi) is 6.65. The summed E-state index contributed by atoms with van der Waals surface area (Å²) >= 11 is 1.74. The van der Waals surface area contributed by atoms with Crippen LogP contribution in [0.2, 0.25) is 0 Å². The number of rotatable bonds is 6. The van der Waals surface area contributed by atoms with Crippen molar-refractivity contribution in [3.8, 4) is 0 Å². The van der Waals surface area contributed by atoms with Crippen molar-refractivity contribution >= 4 is 11.8 Å². The normalized spacial score (nSPS) is 12.0. The molecule has 0 atom stereocenters. The first-order chi connectivity index (χ1) is 5.56. The van der Waals surface area contributed by atoms with Gasteiger partial charge in [0.2, 0.25) is 0 Å². The van der Waals surface area contributed by atoms with E-state index >= 15 is 0 Å². The van der Waals surface area contributed by atoms with Gasteiger partial charge in [0.25, 0.3) is 0 Å². The standard InChI is InChI=1S/C7H14F3NS/c1-2-12-5-3-4-11-6-7(8,9)10/h11H,2-6H2,1H3. The van der Waals surface area contributed by atoms with Crippen LogP contribution in [-0.4, -0.2) is 30.8 Å². The van der Waals surface area contributed by atoms with Gasteiger partial charge in [-0.1, -0.05) is 6.92 Å². The molecule has 0 aliphatic rings. The SMILES string of the molecule is CCSCCCNCC(F)(F)F. The van der Waals surface area contributed by atoms with Crippen molar-refractivity contribution in [2.45, 2.75) is 19.5 Å². The van der Waals surface area contributed by atoms with E-state index in [9.17, 15) is 13.2 Å². The molecule has 0 bridgehead atoms. The molecule has 0 unspecified atom stereocenters. The van der Waals surface area contributed by atoms with Gasteiger partial charge in [-0.2, -0.15) is 24.9 Å². The summed E-state index contributed by atoms with van der Waals surface area (Å²) in [6, 6.07) is 0. The summed E-state index contributed by atoms with van der Waals surface area (Å²) in [6.45, 7) is 1.62. The minimum absolute atomic E-state index is 0.451. The van der Waals surface area contributed by atoms with Gasteiger partial charge in [-0.3, -0.25) is 0 Å². The fraction of sp³-hybridized carbons (Fsp3) is 1.00. The van der Waals surface area contributed by atoms with Crippen LogP contribution in [0.25, 0.3) is 0 Å². The molecule has 74 valence electrons. The Balaban J connectivity index is 3.01. The zero-order chi connectivity index (χ0) is 9.45. The maximum atomic E-state index is 11.6. The summed E-state index contributed by atoms with van der Waals surface area (Å²) < 4.78 is 34.7. The summed E-state index contributed by atoms with van der Waals surface area (Å²) in [7, 11) is 0. The van der Waals surface area contributed by atoms with E-state index < -0.39 is 12.7 Å². The van der Waals surface area contributed by atoms with Gasteiger partial charge >= 0.3 is 6.18 Å². The van der Waals surface area contributed by atoms with Crippen LogP contribution in [0.3, 0.4) is 0 Å². The van der Waals surface area contributed by atoms with Gasteiger partial charge in [-0.15, -0.1) is 0 Å². The van der Waals surface area contributed by atoms with Crippen molar-refractivity contribution in [1.29, 1.82) is 0 Å². The zero-order valence-electron chi connectivity index (χ0n) is 7.08. The largest absolute Gasteiger partial charge is 0.401 e. The Morgan fingerprint density at radius 2 is 2.00 bits per heavy atom. The molecule has 1 nitrogen and oxygen atoms in total. The van der Waals surface area contributed by atoms with Gasteiger partial charge in [-0.05, 0) is 24.5 Å². The molecule has 0 saturated heterocycles. The zero-order valence-corrected chi connectivity index (χ0v) is 7.89. The van der Waals surface area contributed by atoms with Crippen LogP contribution in [0.4, 0.5) is 13.2 Å². The van der Waals surface area contributed by atoms with Crippen LogP contribution in [0, 0.1) is 0 Å². The summed E-state index contributed by atoms with van der Waals surface area (Å²) in [5, 5.41) is 2.35. The average molecular weight is 201 g/mol. The molecule has 0 aromatic heterocycles. The topological polar surface area (TPSA) is 12.0 Å². The fourth-order valence-corrected chi connectivity index (χ4v) is 1.31. The van der Waals surface area contributed by atoms with Crippen LogP contribution in [-0.2, 0) is 0 Å². The number of thioether (sulfide) groups is 1. The minimum Gasteiger partial charge on any atom is -0.309 e. The second-order valence-corrected chi connectivity index (χ2v) is 3.74. The van der Waals surface area contributed by atoms with E-state index in [1.165, 1.54) is 0 Å². The Labute approximate surface area is 75.1 Å². The molecule has 5 heteroatoms. The molecule has 0 aromatic carbocycles. The van der Waals surface area contributed by atoms with Gasteiger partial charge in [0.05, 0.1) is 6.54 Å². The van der Waals surface area contributed by atoms with Gasteiger partial charge in [-0.25, -0.2) is 0 Å². The van der Waals surface area contributed by atoms with Gasteiger partial charge in [0, 0.05) is 0 Å². The smallest absolute Gasteiger partial charge is 0.309 e. The van der Waals surface area contributed by atoms with Gasteiger partial charge < -0.3 is 5.32 Å². The lowest BCUT2D eigenvalue weighted by Gasteiger charge is -2.07. The van der Waals surface area contributed by atoms with E-state index in [1.807, 2.05) is 6.92 Å². The molecule has 0 spiro atoms. The molecule has 0 aliphatic heterocycles. The number of hydrogen-bond donors (Lipinski definition) is 1. The molecule has 0 heterocycles. The first-order valence-corrected chi connectivity index (χ1v) is 5.07. The highest BCUT2D eigenvalue weighted by atomic mass is 32.2. The maximum Gasteiger partial charge on any atom is 0.401 e. The van der Waals surface area contributed by atoms with Gasteiger partial charge in [0.15, 0.2) is 0 Å². The molecule has 0 amide bonds. The molecule has 0 radical (unpaired) electrons. The Hall–Kier alpha value is 0.100. The minimum atomic E-state index is -4.07. The molecular weight excluding hydrogens is 187 g/mol. The number of hydrogen-bond acceptors (Lipinski definition) is 2. The second-order valence-electron chi connectivity index (χ2n) is 2.34. The third kappa shape index (κ3) is 10.1. The summed E-state index contributed by atoms with van der Waals surface area (Å²) in [4.78, 5) is 0. The third-order valence-corrected chi connectivity index (χ3v) is 2.16. The molecule has 1 N–H and O–H groups in total. The number of halogens is 3. The summed E-state index contributed by atoms with van der Waals surface area (Å²) in [6.07, 6.45) is -3.27. The quantitative estimate of drug-likeness (QED) is 0.662. The highest BCUT2D eigenvalue weighted by Gasteiger charge is 2.25. The van der Waals surface area contributed by atoms with Crippen molar-refractivity contribution < 1.29 is 13.2 Å². The average Bonchev–Trinajstić information content (AvgIpc) is 1.94. The molecule has 0 aromatic rings. The highest BCUT2D eigenvalue weighted by Crippen LogP contribution is 2.12. The lowest BCUT2D eigenvalue weighted by molar-refractivity contribution is -0.124. The molecule has 0 fully saturated rings. The summed E-state index contributed by atoms with van der Waals surface area (Å²) in [5.74, 6) is 1.96. The molecule has 0 rings (SSSR count). The number of nitrogens with one attached hydrogen (secondary N) is 1.